The molecule has 0 saturated heterocycles. The Labute approximate surface area is 121 Å². The summed E-state index contributed by atoms with van der Waals surface area (Å²) in [5.74, 6) is -0.216. The zero-order valence-corrected chi connectivity index (χ0v) is 12.2. The molecule has 0 saturated carbocycles. The Morgan fingerprint density at radius 1 is 1.26 bits per heavy atom. The van der Waals surface area contributed by atoms with Crippen molar-refractivity contribution in [2.24, 2.45) is 5.73 Å². The van der Waals surface area contributed by atoms with Crippen molar-refractivity contribution in [2.75, 3.05) is 13.6 Å². The molecule has 2 aromatic rings. The van der Waals surface area contributed by atoms with Gasteiger partial charge in [0.15, 0.2) is 0 Å². The summed E-state index contributed by atoms with van der Waals surface area (Å²) in [6.07, 6.45) is 0. The van der Waals surface area contributed by atoms with E-state index in [0.717, 1.165) is 21.3 Å². The summed E-state index contributed by atoms with van der Waals surface area (Å²) in [6, 6.07) is 10.6. The second kappa shape index (κ2) is 6.48. The molecule has 1 unspecified atom stereocenters. The molecule has 5 heteroatoms. The molecule has 0 bridgehead atoms. The minimum absolute atomic E-state index is 0.127. The quantitative estimate of drug-likeness (QED) is 0.912. The number of hydrogen-bond donors (Lipinski definition) is 1. The van der Waals surface area contributed by atoms with Crippen LogP contribution in [0.15, 0.2) is 36.4 Å². The summed E-state index contributed by atoms with van der Waals surface area (Å²) >= 11 is 7.51. The SMILES string of the molecule is CN(Cc1ccc(F)cc1)C(CN)c1ccc(Cl)s1. The van der Waals surface area contributed by atoms with Gasteiger partial charge in [-0.1, -0.05) is 23.7 Å². The summed E-state index contributed by atoms with van der Waals surface area (Å²) < 4.78 is 13.6. The molecule has 0 aliphatic heterocycles. The lowest BCUT2D eigenvalue weighted by atomic mass is 10.1. The number of nitrogens with two attached hydrogens (primary N) is 1. The van der Waals surface area contributed by atoms with Gasteiger partial charge in [-0.2, -0.15) is 0 Å². The summed E-state index contributed by atoms with van der Waals surface area (Å²) in [5.41, 5.74) is 6.91. The van der Waals surface area contributed by atoms with Gasteiger partial charge >= 0.3 is 0 Å². The Hall–Kier alpha value is -0.940. The molecular formula is C14H16ClFN2S. The molecule has 1 aromatic heterocycles. The lowest BCUT2D eigenvalue weighted by molar-refractivity contribution is 0.245. The lowest BCUT2D eigenvalue weighted by Gasteiger charge is -2.26. The molecule has 1 aromatic carbocycles. The Morgan fingerprint density at radius 2 is 1.95 bits per heavy atom. The van der Waals surface area contributed by atoms with Gasteiger partial charge in [-0.3, -0.25) is 4.90 Å². The van der Waals surface area contributed by atoms with Crippen LogP contribution in [0.3, 0.4) is 0 Å². The average Bonchev–Trinajstić information content (AvgIpc) is 2.80. The molecule has 0 aliphatic carbocycles. The Kier molecular flexibility index (Phi) is 4.93. The normalized spacial score (nSPS) is 12.9. The zero-order valence-electron chi connectivity index (χ0n) is 10.6. The first-order chi connectivity index (χ1) is 9.10. The number of nitrogens with zero attached hydrogens (tertiary/aromatic N) is 1. The van der Waals surface area contributed by atoms with Crippen molar-refractivity contribution in [3.63, 3.8) is 0 Å². The van der Waals surface area contributed by atoms with E-state index in [4.69, 9.17) is 17.3 Å². The molecule has 2 N–H and O–H groups in total. The van der Waals surface area contributed by atoms with Gasteiger partial charge in [0.2, 0.25) is 0 Å². The molecule has 1 atom stereocenters. The van der Waals surface area contributed by atoms with Gasteiger partial charge in [-0.05, 0) is 36.9 Å². The van der Waals surface area contributed by atoms with E-state index in [1.807, 2.05) is 19.2 Å². The van der Waals surface area contributed by atoms with Gasteiger partial charge in [-0.25, -0.2) is 4.39 Å². The minimum Gasteiger partial charge on any atom is -0.329 e. The number of hydrogen-bond acceptors (Lipinski definition) is 3. The first-order valence-corrected chi connectivity index (χ1v) is 7.19. The maximum absolute atomic E-state index is 12.9. The highest BCUT2D eigenvalue weighted by atomic mass is 35.5. The zero-order chi connectivity index (χ0) is 13.8. The molecule has 0 amide bonds. The molecule has 0 fully saturated rings. The molecule has 0 spiro atoms. The fourth-order valence-electron chi connectivity index (χ4n) is 2.01. The molecule has 102 valence electrons. The van der Waals surface area contributed by atoms with E-state index in [2.05, 4.69) is 4.90 Å². The van der Waals surface area contributed by atoms with E-state index in [1.54, 1.807) is 23.5 Å². The number of thiophene rings is 1. The fraction of sp³-hybridized carbons (Fsp3) is 0.286. The molecule has 2 rings (SSSR count). The van der Waals surface area contributed by atoms with Crippen LogP contribution < -0.4 is 5.73 Å². The summed E-state index contributed by atoms with van der Waals surface area (Å²) in [6.45, 7) is 1.24. The molecular weight excluding hydrogens is 283 g/mol. The second-order valence-electron chi connectivity index (χ2n) is 4.43. The average molecular weight is 299 g/mol. The van der Waals surface area contributed by atoms with Crippen molar-refractivity contribution in [1.82, 2.24) is 4.90 Å². The highest BCUT2D eigenvalue weighted by Crippen LogP contribution is 2.30. The molecule has 0 aliphatic rings. The lowest BCUT2D eigenvalue weighted by Crippen LogP contribution is -2.29. The van der Waals surface area contributed by atoms with E-state index in [9.17, 15) is 4.39 Å². The standard InChI is InChI=1S/C14H16ClFN2S/c1-18(9-10-2-4-11(16)5-3-10)12(8-17)13-6-7-14(15)19-13/h2-7,12H,8-9,17H2,1H3. The van der Waals surface area contributed by atoms with Gasteiger partial charge in [0.05, 0.1) is 10.4 Å². The predicted molar refractivity (Wildman–Crippen MR) is 79.0 cm³/mol. The first-order valence-electron chi connectivity index (χ1n) is 6.00. The first kappa shape index (κ1) is 14.5. The number of rotatable bonds is 5. The van der Waals surface area contributed by atoms with E-state index in [1.165, 1.54) is 12.1 Å². The maximum atomic E-state index is 12.9. The van der Waals surface area contributed by atoms with Gasteiger partial charge < -0.3 is 5.73 Å². The third kappa shape index (κ3) is 3.76. The largest absolute Gasteiger partial charge is 0.329 e. The van der Waals surface area contributed by atoms with Gasteiger partial charge in [0.1, 0.15) is 5.82 Å². The van der Waals surface area contributed by atoms with Crippen LogP contribution >= 0.6 is 22.9 Å². The van der Waals surface area contributed by atoms with Crippen LogP contribution in [0.1, 0.15) is 16.5 Å². The summed E-state index contributed by atoms with van der Waals surface area (Å²) in [7, 11) is 2.01. The number of likely N-dealkylation sites (N-methyl/N-ethyl adjacent to an activating group) is 1. The van der Waals surface area contributed by atoms with Crippen molar-refractivity contribution in [3.05, 3.63) is 57.0 Å². The number of halogens is 2. The van der Waals surface area contributed by atoms with E-state index in [0.29, 0.717) is 6.54 Å². The van der Waals surface area contributed by atoms with Crippen LogP contribution in [0.5, 0.6) is 0 Å². The van der Waals surface area contributed by atoms with Crippen LogP contribution in [0.25, 0.3) is 0 Å². The second-order valence-corrected chi connectivity index (χ2v) is 6.18. The molecule has 2 nitrogen and oxygen atoms in total. The van der Waals surface area contributed by atoms with Crippen LogP contribution in [-0.4, -0.2) is 18.5 Å². The van der Waals surface area contributed by atoms with Gasteiger partial charge in [0, 0.05) is 18.0 Å². The van der Waals surface area contributed by atoms with Crippen molar-refractivity contribution in [3.8, 4) is 0 Å². The Morgan fingerprint density at radius 3 is 2.47 bits per heavy atom. The van der Waals surface area contributed by atoms with E-state index >= 15 is 0 Å². The third-order valence-corrected chi connectivity index (χ3v) is 4.36. The van der Waals surface area contributed by atoms with Crippen LogP contribution in [0.2, 0.25) is 4.34 Å². The Bertz CT molecular complexity index is 526. The fourth-order valence-corrected chi connectivity index (χ4v) is 3.25. The Balaban J connectivity index is 2.08. The van der Waals surface area contributed by atoms with Crippen LogP contribution in [0.4, 0.5) is 4.39 Å². The predicted octanol–water partition coefficient (Wildman–Crippen LogP) is 3.67. The van der Waals surface area contributed by atoms with Crippen molar-refractivity contribution >= 4 is 22.9 Å². The van der Waals surface area contributed by atoms with E-state index < -0.39 is 0 Å². The number of benzene rings is 1. The van der Waals surface area contributed by atoms with Crippen molar-refractivity contribution < 1.29 is 4.39 Å². The summed E-state index contributed by atoms with van der Waals surface area (Å²) in [4.78, 5) is 3.30. The molecule has 0 radical (unpaired) electrons. The summed E-state index contributed by atoms with van der Waals surface area (Å²) in [5, 5.41) is 0. The van der Waals surface area contributed by atoms with E-state index in [-0.39, 0.29) is 11.9 Å². The molecule has 1 heterocycles. The third-order valence-electron chi connectivity index (χ3n) is 3.02. The topological polar surface area (TPSA) is 29.3 Å². The minimum atomic E-state index is -0.216. The highest BCUT2D eigenvalue weighted by molar-refractivity contribution is 7.16. The highest BCUT2D eigenvalue weighted by Gasteiger charge is 2.17. The van der Waals surface area contributed by atoms with Crippen LogP contribution in [0, 0.1) is 5.82 Å². The van der Waals surface area contributed by atoms with Crippen molar-refractivity contribution in [1.29, 1.82) is 0 Å². The van der Waals surface area contributed by atoms with Crippen LogP contribution in [-0.2, 0) is 6.54 Å². The van der Waals surface area contributed by atoms with Crippen molar-refractivity contribution in [2.45, 2.75) is 12.6 Å². The van der Waals surface area contributed by atoms with Gasteiger partial charge in [0.25, 0.3) is 0 Å². The van der Waals surface area contributed by atoms with Gasteiger partial charge in [-0.15, -0.1) is 11.3 Å². The monoisotopic (exact) mass is 298 g/mol. The smallest absolute Gasteiger partial charge is 0.123 e. The maximum Gasteiger partial charge on any atom is 0.123 e. The molecule has 19 heavy (non-hydrogen) atoms.